The lowest BCUT2D eigenvalue weighted by Crippen LogP contribution is -2.20. The zero-order valence-corrected chi connectivity index (χ0v) is 11.9. The number of hydrogen-bond acceptors (Lipinski definition) is 1. The van der Waals surface area contributed by atoms with E-state index in [2.05, 4.69) is 5.32 Å². The molecule has 0 aliphatic rings. The van der Waals surface area contributed by atoms with Gasteiger partial charge in [0, 0.05) is 15.6 Å². The normalized spacial score (nSPS) is 12.5. The molecule has 1 N–H and O–H groups in total. The molecular weight excluding hydrogens is 310 g/mol. The van der Waals surface area contributed by atoms with Gasteiger partial charge >= 0.3 is 0 Å². The van der Waals surface area contributed by atoms with E-state index in [0.29, 0.717) is 15.6 Å². The van der Waals surface area contributed by atoms with Crippen LogP contribution in [0.1, 0.15) is 17.2 Å². The highest BCUT2D eigenvalue weighted by atomic mass is 35.5. The van der Waals surface area contributed by atoms with Crippen LogP contribution in [-0.4, -0.2) is 7.05 Å². The molecule has 2 aromatic carbocycles. The van der Waals surface area contributed by atoms with Crippen LogP contribution in [0.25, 0.3) is 0 Å². The number of benzene rings is 2. The van der Waals surface area contributed by atoms with Gasteiger partial charge < -0.3 is 5.32 Å². The Labute approximate surface area is 124 Å². The van der Waals surface area contributed by atoms with Crippen molar-refractivity contribution in [2.45, 2.75) is 6.04 Å². The first-order valence-corrected chi connectivity index (χ1v) is 6.46. The maximum absolute atomic E-state index is 13.9. The van der Waals surface area contributed by atoms with Crippen molar-refractivity contribution in [1.29, 1.82) is 0 Å². The number of halogens is 5. The van der Waals surface area contributed by atoms with Gasteiger partial charge in [0.1, 0.15) is 0 Å². The molecule has 0 heterocycles. The van der Waals surface area contributed by atoms with E-state index in [4.69, 9.17) is 23.2 Å². The van der Waals surface area contributed by atoms with Crippen LogP contribution in [0.4, 0.5) is 13.2 Å². The summed E-state index contributed by atoms with van der Waals surface area (Å²) in [6.07, 6.45) is 0. The molecule has 2 rings (SSSR count). The molecule has 0 saturated carbocycles. The summed E-state index contributed by atoms with van der Waals surface area (Å²) in [5.41, 5.74) is 0.527. The standard InChI is InChI=1S/C14H10Cl2F3N/c1-20-14(7-4-8(15)6-9(16)5-7)10-2-3-11(17)13(19)12(10)18/h2-6,14,20H,1H3. The molecule has 0 aromatic heterocycles. The number of rotatable bonds is 3. The minimum atomic E-state index is -1.50. The highest BCUT2D eigenvalue weighted by molar-refractivity contribution is 6.34. The maximum Gasteiger partial charge on any atom is 0.194 e. The van der Waals surface area contributed by atoms with E-state index in [1.54, 1.807) is 19.2 Å². The molecule has 0 radical (unpaired) electrons. The third-order valence-corrected chi connectivity index (χ3v) is 3.32. The Morgan fingerprint density at radius 3 is 2.10 bits per heavy atom. The predicted octanol–water partition coefficient (Wildman–Crippen LogP) is 4.72. The maximum atomic E-state index is 13.9. The molecule has 1 atom stereocenters. The summed E-state index contributed by atoms with van der Waals surface area (Å²) in [4.78, 5) is 0. The summed E-state index contributed by atoms with van der Waals surface area (Å²) >= 11 is 11.8. The van der Waals surface area contributed by atoms with Crippen LogP contribution < -0.4 is 5.32 Å². The molecule has 1 nitrogen and oxygen atoms in total. The van der Waals surface area contributed by atoms with Gasteiger partial charge in [-0.25, -0.2) is 13.2 Å². The molecule has 20 heavy (non-hydrogen) atoms. The number of hydrogen-bond donors (Lipinski definition) is 1. The summed E-state index contributed by atoms with van der Waals surface area (Å²) in [7, 11) is 1.57. The van der Waals surface area contributed by atoms with Crippen LogP contribution in [0, 0.1) is 17.5 Å². The molecule has 0 fully saturated rings. The lowest BCUT2D eigenvalue weighted by Gasteiger charge is -2.19. The second kappa shape index (κ2) is 6.04. The monoisotopic (exact) mass is 319 g/mol. The Morgan fingerprint density at radius 2 is 1.55 bits per heavy atom. The lowest BCUT2D eigenvalue weighted by molar-refractivity contribution is 0.435. The van der Waals surface area contributed by atoms with Gasteiger partial charge in [0.25, 0.3) is 0 Å². The van der Waals surface area contributed by atoms with Crippen LogP contribution in [0.5, 0.6) is 0 Å². The fourth-order valence-corrected chi connectivity index (χ4v) is 2.55. The van der Waals surface area contributed by atoms with E-state index >= 15 is 0 Å². The summed E-state index contributed by atoms with van der Waals surface area (Å²) < 4.78 is 40.2. The first kappa shape index (κ1) is 15.2. The molecule has 0 spiro atoms. The molecule has 0 aliphatic heterocycles. The van der Waals surface area contributed by atoms with E-state index in [-0.39, 0.29) is 5.56 Å². The SMILES string of the molecule is CNC(c1cc(Cl)cc(Cl)c1)c1ccc(F)c(F)c1F. The Kier molecular flexibility index (Phi) is 4.58. The van der Waals surface area contributed by atoms with Crippen LogP contribution in [0.15, 0.2) is 30.3 Å². The third-order valence-electron chi connectivity index (χ3n) is 2.88. The Balaban J connectivity index is 2.55. The topological polar surface area (TPSA) is 12.0 Å². The lowest BCUT2D eigenvalue weighted by atomic mass is 9.98. The van der Waals surface area contributed by atoms with Crippen molar-refractivity contribution >= 4 is 23.2 Å². The van der Waals surface area contributed by atoms with Crippen LogP contribution in [-0.2, 0) is 0 Å². The van der Waals surface area contributed by atoms with E-state index < -0.39 is 23.5 Å². The Morgan fingerprint density at radius 1 is 0.950 bits per heavy atom. The van der Waals surface area contributed by atoms with Gasteiger partial charge in [0.05, 0.1) is 6.04 Å². The quantitative estimate of drug-likeness (QED) is 0.807. The molecule has 0 bridgehead atoms. The second-order valence-corrected chi connectivity index (χ2v) is 5.06. The van der Waals surface area contributed by atoms with E-state index in [0.717, 1.165) is 6.07 Å². The fraction of sp³-hybridized carbons (Fsp3) is 0.143. The molecule has 6 heteroatoms. The van der Waals surface area contributed by atoms with E-state index in [9.17, 15) is 13.2 Å². The zero-order valence-electron chi connectivity index (χ0n) is 10.4. The van der Waals surface area contributed by atoms with Crippen LogP contribution in [0.2, 0.25) is 10.0 Å². The minimum absolute atomic E-state index is 0.0234. The largest absolute Gasteiger partial charge is 0.309 e. The van der Waals surface area contributed by atoms with Gasteiger partial charge in [-0.15, -0.1) is 0 Å². The average molecular weight is 320 g/mol. The Bertz CT molecular complexity index is 626. The van der Waals surface area contributed by atoms with Crippen molar-refractivity contribution < 1.29 is 13.2 Å². The van der Waals surface area contributed by atoms with Crippen LogP contribution in [0.3, 0.4) is 0 Å². The molecular formula is C14H10Cl2F3N. The van der Waals surface area contributed by atoms with Gasteiger partial charge in [-0.1, -0.05) is 29.3 Å². The highest BCUT2D eigenvalue weighted by Crippen LogP contribution is 2.30. The minimum Gasteiger partial charge on any atom is -0.309 e. The van der Waals surface area contributed by atoms with Gasteiger partial charge in [0.15, 0.2) is 17.5 Å². The molecule has 0 saturated heterocycles. The fourth-order valence-electron chi connectivity index (χ4n) is 2.01. The van der Waals surface area contributed by atoms with Crippen molar-refractivity contribution in [3.05, 3.63) is 69.0 Å². The van der Waals surface area contributed by atoms with Gasteiger partial charge in [-0.3, -0.25) is 0 Å². The van der Waals surface area contributed by atoms with Crippen molar-refractivity contribution in [3.8, 4) is 0 Å². The van der Waals surface area contributed by atoms with Gasteiger partial charge in [0.2, 0.25) is 0 Å². The van der Waals surface area contributed by atoms with Crippen LogP contribution >= 0.6 is 23.2 Å². The van der Waals surface area contributed by atoms with Crippen molar-refractivity contribution in [2.24, 2.45) is 0 Å². The number of nitrogens with one attached hydrogen (secondary N) is 1. The average Bonchev–Trinajstić information content (AvgIpc) is 2.38. The first-order valence-electron chi connectivity index (χ1n) is 5.70. The summed E-state index contributed by atoms with van der Waals surface area (Å²) in [5.74, 6) is -3.97. The van der Waals surface area contributed by atoms with E-state index in [1.807, 2.05) is 0 Å². The highest BCUT2D eigenvalue weighted by Gasteiger charge is 2.21. The van der Waals surface area contributed by atoms with E-state index in [1.165, 1.54) is 12.1 Å². The smallest absolute Gasteiger partial charge is 0.194 e. The first-order chi connectivity index (χ1) is 9.43. The summed E-state index contributed by atoms with van der Waals surface area (Å²) in [5, 5.41) is 3.57. The third kappa shape index (κ3) is 2.92. The second-order valence-electron chi connectivity index (χ2n) is 4.19. The Hall–Kier alpha value is -1.23. The molecule has 1 unspecified atom stereocenters. The molecule has 0 amide bonds. The van der Waals surface area contributed by atoms with Crippen molar-refractivity contribution in [2.75, 3.05) is 7.05 Å². The zero-order chi connectivity index (χ0) is 14.9. The predicted molar refractivity (Wildman–Crippen MR) is 73.7 cm³/mol. The van der Waals surface area contributed by atoms with Crippen molar-refractivity contribution in [1.82, 2.24) is 5.32 Å². The molecule has 2 aromatic rings. The molecule has 0 aliphatic carbocycles. The van der Waals surface area contributed by atoms with Gasteiger partial charge in [-0.2, -0.15) is 0 Å². The summed E-state index contributed by atoms with van der Waals surface area (Å²) in [6, 6.07) is 6.06. The van der Waals surface area contributed by atoms with Crippen molar-refractivity contribution in [3.63, 3.8) is 0 Å². The van der Waals surface area contributed by atoms with Gasteiger partial charge in [-0.05, 0) is 36.9 Å². The summed E-state index contributed by atoms with van der Waals surface area (Å²) in [6.45, 7) is 0. The molecule has 106 valence electrons.